The lowest BCUT2D eigenvalue weighted by Gasteiger charge is -2.22. The van der Waals surface area contributed by atoms with E-state index in [1.165, 1.54) is 0 Å². The Hall–Kier alpha value is -3.22. The highest BCUT2D eigenvalue weighted by atomic mass is 16.5. The molecule has 0 bridgehead atoms. The summed E-state index contributed by atoms with van der Waals surface area (Å²) in [5, 5.41) is 5.99. The molecule has 0 unspecified atom stereocenters. The third-order valence-electron chi connectivity index (χ3n) is 4.28. The third kappa shape index (κ3) is 7.37. The van der Waals surface area contributed by atoms with Gasteiger partial charge >= 0.3 is 0 Å². The van der Waals surface area contributed by atoms with E-state index in [2.05, 4.69) is 15.6 Å². The molecule has 0 saturated heterocycles. The van der Waals surface area contributed by atoms with Crippen LogP contribution in [-0.2, 0) is 17.9 Å². The van der Waals surface area contributed by atoms with E-state index in [0.717, 1.165) is 22.6 Å². The van der Waals surface area contributed by atoms with Gasteiger partial charge in [-0.1, -0.05) is 24.3 Å². The average Bonchev–Trinajstić information content (AvgIpc) is 2.74. The molecule has 0 heterocycles. The molecule has 0 saturated carbocycles. The van der Waals surface area contributed by atoms with E-state index in [9.17, 15) is 4.79 Å². The van der Waals surface area contributed by atoms with Gasteiger partial charge in [0.25, 0.3) is 0 Å². The van der Waals surface area contributed by atoms with E-state index in [1.807, 2.05) is 67.4 Å². The summed E-state index contributed by atoms with van der Waals surface area (Å²) < 4.78 is 10.6. The van der Waals surface area contributed by atoms with E-state index in [-0.39, 0.29) is 12.5 Å². The number of aliphatic imine (C=N–C) groups is 1. The summed E-state index contributed by atoms with van der Waals surface area (Å²) in [6.45, 7) is 3.89. The number of hydrogen-bond donors (Lipinski definition) is 2. The predicted molar refractivity (Wildman–Crippen MR) is 115 cm³/mol. The molecule has 2 aromatic rings. The summed E-state index contributed by atoms with van der Waals surface area (Å²) in [6.07, 6.45) is 0. The van der Waals surface area contributed by atoms with Gasteiger partial charge in [0.2, 0.25) is 5.91 Å². The van der Waals surface area contributed by atoms with Crippen LogP contribution in [0.2, 0.25) is 0 Å². The Labute approximate surface area is 172 Å². The van der Waals surface area contributed by atoms with Crippen LogP contribution >= 0.6 is 0 Å². The highest BCUT2D eigenvalue weighted by Crippen LogP contribution is 2.13. The number of amides is 1. The number of rotatable bonds is 9. The molecule has 156 valence electrons. The zero-order valence-electron chi connectivity index (χ0n) is 17.6. The molecular formula is C22H30N4O3. The van der Waals surface area contributed by atoms with Crippen molar-refractivity contribution in [2.75, 3.05) is 34.4 Å². The van der Waals surface area contributed by atoms with Crippen LogP contribution < -0.4 is 20.1 Å². The zero-order chi connectivity index (χ0) is 21.1. The highest BCUT2D eigenvalue weighted by molar-refractivity contribution is 5.86. The molecule has 0 radical (unpaired) electrons. The van der Waals surface area contributed by atoms with Gasteiger partial charge < -0.3 is 25.0 Å². The Kier molecular flexibility index (Phi) is 8.82. The van der Waals surface area contributed by atoms with Gasteiger partial charge in [0, 0.05) is 27.2 Å². The van der Waals surface area contributed by atoms with Crippen molar-refractivity contribution in [3.63, 3.8) is 0 Å². The van der Waals surface area contributed by atoms with Crippen molar-refractivity contribution in [3.05, 3.63) is 59.7 Å². The molecule has 0 aliphatic carbocycles. The molecule has 29 heavy (non-hydrogen) atoms. The second kappa shape index (κ2) is 11.6. The Morgan fingerprint density at radius 1 is 1.00 bits per heavy atom. The first kappa shape index (κ1) is 22.1. The fourth-order valence-corrected chi connectivity index (χ4v) is 2.76. The number of benzene rings is 2. The van der Waals surface area contributed by atoms with E-state index in [0.29, 0.717) is 25.7 Å². The maximum absolute atomic E-state index is 12.2. The molecular weight excluding hydrogens is 368 g/mol. The molecule has 2 aromatic carbocycles. The van der Waals surface area contributed by atoms with Gasteiger partial charge in [0.15, 0.2) is 5.96 Å². The van der Waals surface area contributed by atoms with Crippen LogP contribution in [-0.4, -0.2) is 51.1 Å². The lowest BCUT2D eigenvalue weighted by atomic mass is 10.2. The van der Waals surface area contributed by atoms with Crippen LogP contribution in [0, 0.1) is 0 Å². The Morgan fingerprint density at radius 3 is 2.21 bits per heavy atom. The first-order valence-electron chi connectivity index (χ1n) is 9.58. The molecule has 0 spiro atoms. The molecule has 0 aliphatic rings. The van der Waals surface area contributed by atoms with Crippen molar-refractivity contribution >= 4 is 11.9 Å². The fourth-order valence-electron chi connectivity index (χ4n) is 2.76. The highest BCUT2D eigenvalue weighted by Gasteiger charge is 2.09. The lowest BCUT2D eigenvalue weighted by molar-refractivity contribution is -0.120. The quantitative estimate of drug-likeness (QED) is 0.501. The number of nitrogens with one attached hydrogen (secondary N) is 2. The van der Waals surface area contributed by atoms with Crippen LogP contribution in [0.25, 0.3) is 0 Å². The summed E-state index contributed by atoms with van der Waals surface area (Å²) >= 11 is 0. The van der Waals surface area contributed by atoms with E-state index < -0.39 is 0 Å². The van der Waals surface area contributed by atoms with Crippen molar-refractivity contribution < 1.29 is 14.3 Å². The summed E-state index contributed by atoms with van der Waals surface area (Å²) in [4.78, 5) is 18.4. The molecule has 0 aromatic heterocycles. The Morgan fingerprint density at radius 2 is 1.62 bits per heavy atom. The van der Waals surface area contributed by atoms with Crippen LogP contribution in [0.3, 0.4) is 0 Å². The number of carbonyl (C=O) groups excluding carboxylic acids is 1. The van der Waals surface area contributed by atoms with Gasteiger partial charge in [0.1, 0.15) is 11.5 Å². The maximum atomic E-state index is 12.2. The number of ether oxygens (including phenoxy) is 2. The fraction of sp³-hybridized carbons (Fsp3) is 0.364. The second-order valence-electron chi connectivity index (χ2n) is 6.46. The standard InChI is InChI=1S/C22H30N4O3/c1-5-29-20-12-8-18(9-13-20)16-26(3)22(23-2)25-15-21(27)24-14-17-6-10-19(28-4)11-7-17/h6-13H,5,14-16H2,1-4H3,(H,23,25)(H,24,27). The van der Waals surface area contributed by atoms with E-state index in [4.69, 9.17) is 9.47 Å². The van der Waals surface area contributed by atoms with E-state index >= 15 is 0 Å². The number of guanidine groups is 1. The van der Waals surface area contributed by atoms with Crippen LogP contribution in [0.1, 0.15) is 18.1 Å². The molecule has 2 N–H and O–H groups in total. The summed E-state index contributed by atoms with van der Waals surface area (Å²) in [7, 11) is 5.26. The van der Waals surface area contributed by atoms with Crippen molar-refractivity contribution in [2.24, 2.45) is 4.99 Å². The summed E-state index contributed by atoms with van der Waals surface area (Å²) in [5.74, 6) is 2.20. The molecule has 0 atom stereocenters. The SMILES string of the molecule is CCOc1ccc(CN(C)C(=NC)NCC(=O)NCc2ccc(OC)cc2)cc1. The number of carbonyl (C=O) groups is 1. The van der Waals surface area contributed by atoms with Crippen molar-refractivity contribution in [3.8, 4) is 11.5 Å². The first-order valence-corrected chi connectivity index (χ1v) is 9.58. The van der Waals surface area contributed by atoms with Crippen molar-refractivity contribution in [2.45, 2.75) is 20.0 Å². The number of hydrogen-bond acceptors (Lipinski definition) is 4. The predicted octanol–water partition coefficient (Wildman–Crippen LogP) is 2.42. The van der Waals surface area contributed by atoms with Crippen molar-refractivity contribution in [1.82, 2.24) is 15.5 Å². The summed E-state index contributed by atoms with van der Waals surface area (Å²) in [5.41, 5.74) is 2.14. The van der Waals surface area contributed by atoms with E-state index in [1.54, 1.807) is 14.2 Å². The topological polar surface area (TPSA) is 75.2 Å². The number of nitrogens with zero attached hydrogens (tertiary/aromatic N) is 2. The minimum atomic E-state index is -0.101. The number of methoxy groups -OCH3 is 1. The Balaban J connectivity index is 1.78. The minimum absolute atomic E-state index is 0.101. The molecule has 7 heteroatoms. The Bertz CT molecular complexity index is 789. The molecule has 1 amide bonds. The molecule has 0 fully saturated rings. The second-order valence-corrected chi connectivity index (χ2v) is 6.46. The monoisotopic (exact) mass is 398 g/mol. The van der Waals surface area contributed by atoms with Crippen LogP contribution in [0.15, 0.2) is 53.5 Å². The normalized spacial score (nSPS) is 11.0. The lowest BCUT2D eigenvalue weighted by Crippen LogP contribution is -2.43. The largest absolute Gasteiger partial charge is 0.497 e. The summed E-state index contributed by atoms with van der Waals surface area (Å²) in [6, 6.07) is 15.6. The van der Waals surface area contributed by atoms with Gasteiger partial charge in [-0.15, -0.1) is 0 Å². The van der Waals surface area contributed by atoms with Gasteiger partial charge in [-0.2, -0.15) is 0 Å². The molecule has 2 rings (SSSR count). The van der Waals surface area contributed by atoms with Gasteiger partial charge in [-0.3, -0.25) is 9.79 Å². The van der Waals surface area contributed by atoms with Crippen LogP contribution in [0.4, 0.5) is 0 Å². The maximum Gasteiger partial charge on any atom is 0.239 e. The van der Waals surface area contributed by atoms with Gasteiger partial charge in [0.05, 0.1) is 20.3 Å². The van der Waals surface area contributed by atoms with Gasteiger partial charge in [-0.25, -0.2) is 0 Å². The van der Waals surface area contributed by atoms with Gasteiger partial charge in [-0.05, 0) is 42.3 Å². The minimum Gasteiger partial charge on any atom is -0.497 e. The van der Waals surface area contributed by atoms with Crippen LogP contribution in [0.5, 0.6) is 11.5 Å². The first-order chi connectivity index (χ1) is 14.0. The van der Waals surface area contributed by atoms with Crippen molar-refractivity contribution in [1.29, 1.82) is 0 Å². The molecule has 7 nitrogen and oxygen atoms in total. The smallest absolute Gasteiger partial charge is 0.239 e. The molecule has 0 aliphatic heterocycles. The average molecular weight is 399 g/mol. The third-order valence-corrected chi connectivity index (χ3v) is 4.28. The zero-order valence-corrected chi connectivity index (χ0v) is 17.6.